The first-order valence-electron chi connectivity index (χ1n) is 12.4. The lowest BCUT2D eigenvalue weighted by molar-refractivity contribution is -0.121. The van der Waals surface area contributed by atoms with Crippen molar-refractivity contribution in [1.82, 2.24) is 10.3 Å². The van der Waals surface area contributed by atoms with E-state index in [1.165, 1.54) is 25.7 Å². The van der Waals surface area contributed by atoms with Crippen LogP contribution in [-0.2, 0) is 16.1 Å². The Morgan fingerprint density at radius 1 is 1.00 bits per heavy atom. The topological polar surface area (TPSA) is 93.5 Å². The van der Waals surface area contributed by atoms with Crippen LogP contribution in [0.4, 0.5) is 5.69 Å². The minimum atomic E-state index is -0.161. The van der Waals surface area contributed by atoms with Crippen molar-refractivity contribution < 1.29 is 18.7 Å². The summed E-state index contributed by atoms with van der Waals surface area (Å²) in [6.45, 7) is 2.43. The summed E-state index contributed by atoms with van der Waals surface area (Å²) < 4.78 is 11.5. The molecule has 1 aromatic heterocycles. The number of aryl methyl sites for hydroxylation is 1. The van der Waals surface area contributed by atoms with Crippen molar-refractivity contribution in [3.05, 3.63) is 66.1 Å². The van der Waals surface area contributed by atoms with E-state index in [2.05, 4.69) is 15.6 Å². The van der Waals surface area contributed by atoms with Crippen LogP contribution in [0.25, 0.3) is 11.5 Å². The zero-order valence-electron chi connectivity index (χ0n) is 20.2. The second kappa shape index (κ2) is 12.2. The number of carbonyl (C=O) groups excluding carboxylic acids is 2. The fraction of sp³-hybridized carbons (Fsp3) is 0.393. The predicted molar refractivity (Wildman–Crippen MR) is 135 cm³/mol. The van der Waals surface area contributed by atoms with Crippen molar-refractivity contribution in [3.8, 4) is 17.2 Å². The first-order valence-corrected chi connectivity index (χ1v) is 12.4. The lowest BCUT2D eigenvalue weighted by Crippen LogP contribution is -2.23. The highest BCUT2D eigenvalue weighted by molar-refractivity contribution is 5.94. The third-order valence-corrected chi connectivity index (χ3v) is 6.37. The number of benzene rings is 2. The maximum atomic E-state index is 12.5. The van der Waals surface area contributed by atoms with Gasteiger partial charge in [0.2, 0.25) is 17.7 Å². The lowest BCUT2D eigenvalue weighted by Gasteiger charge is -2.10. The summed E-state index contributed by atoms with van der Waals surface area (Å²) in [5, 5.41) is 5.90. The van der Waals surface area contributed by atoms with Gasteiger partial charge in [0.1, 0.15) is 17.2 Å². The molecular formula is C28H33N3O4. The van der Waals surface area contributed by atoms with Crippen LogP contribution < -0.4 is 15.4 Å². The van der Waals surface area contributed by atoms with Gasteiger partial charge in [-0.2, -0.15) is 0 Å². The van der Waals surface area contributed by atoms with Crippen LogP contribution in [0.15, 0.2) is 59.0 Å². The second-order valence-corrected chi connectivity index (χ2v) is 8.99. The van der Waals surface area contributed by atoms with E-state index in [1.54, 1.807) is 0 Å². The number of amides is 2. The maximum Gasteiger partial charge on any atom is 0.228 e. The number of hydrogen-bond donors (Lipinski definition) is 2. The maximum absolute atomic E-state index is 12.5. The number of aromatic nitrogens is 1. The molecule has 0 spiro atoms. The second-order valence-electron chi connectivity index (χ2n) is 8.99. The molecule has 1 aliphatic carbocycles. The number of nitrogens with zero attached hydrogens (tertiary/aromatic N) is 1. The number of para-hydroxylation sites is 2. The molecule has 7 nitrogen and oxygen atoms in total. The fourth-order valence-electron chi connectivity index (χ4n) is 4.38. The smallest absolute Gasteiger partial charge is 0.228 e. The molecular weight excluding hydrogens is 442 g/mol. The van der Waals surface area contributed by atoms with Crippen LogP contribution in [0.3, 0.4) is 0 Å². The van der Waals surface area contributed by atoms with E-state index >= 15 is 0 Å². The molecule has 1 fully saturated rings. The summed E-state index contributed by atoms with van der Waals surface area (Å²) in [4.78, 5) is 29.4. The molecule has 0 radical (unpaired) electrons. The first kappa shape index (κ1) is 24.5. The number of anilines is 1. The molecule has 2 amide bonds. The predicted octanol–water partition coefficient (Wildman–Crippen LogP) is 5.64. The summed E-state index contributed by atoms with van der Waals surface area (Å²) in [7, 11) is 0. The molecule has 35 heavy (non-hydrogen) atoms. The third-order valence-electron chi connectivity index (χ3n) is 6.37. The van der Waals surface area contributed by atoms with Crippen molar-refractivity contribution in [2.75, 3.05) is 11.9 Å². The summed E-state index contributed by atoms with van der Waals surface area (Å²) >= 11 is 0. The van der Waals surface area contributed by atoms with Gasteiger partial charge in [0.25, 0.3) is 0 Å². The van der Waals surface area contributed by atoms with E-state index in [0.717, 1.165) is 12.2 Å². The van der Waals surface area contributed by atoms with Gasteiger partial charge in [0.15, 0.2) is 0 Å². The summed E-state index contributed by atoms with van der Waals surface area (Å²) in [6.07, 6.45) is 6.79. The van der Waals surface area contributed by atoms with Crippen LogP contribution in [0, 0.1) is 12.8 Å². The van der Waals surface area contributed by atoms with Crippen molar-refractivity contribution >= 4 is 17.5 Å². The standard InChI is InChI=1S/C28H33N3O4/c1-20-25(19-29-26(32)16-15-21-9-5-6-10-21)31-28(35-20)23-13-7-8-14-24(23)30-27(33)17-18-34-22-11-3-2-4-12-22/h2-4,7-8,11-14,21H,5-6,9-10,15-19H2,1H3,(H,29,32)(H,30,33). The molecule has 0 saturated heterocycles. The Labute approximate surface area is 206 Å². The SMILES string of the molecule is Cc1oc(-c2ccccc2NC(=O)CCOc2ccccc2)nc1CNC(=O)CCC1CCCC1. The van der Waals surface area contributed by atoms with Gasteiger partial charge in [0.05, 0.1) is 30.8 Å². The number of nitrogens with one attached hydrogen (secondary N) is 2. The summed E-state index contributed by atoms with van der Waals surface area (Å²) in [5.74, 6) is 2.37. The molecule has 1 heterocycles. The Morgan fingerprint density at radius 3 is 2.54 bits per heavy atom. The Bertz CT molecular complexity index is 1120. The van der Waals surface area contributed by atoms with E-state index in [9.17, 15) is 9.59 Å². The number of hydrogen-bond acceptors (Lipinski definition) is 5. The van der Waals surface area contributed by atoms with E-state index in [1.807, 2.05) is 61.5 Å². The van der Waals surface area contributed by atoms with E-state index in [4.69, 9.17) is 9.15 Å². The largest absolute Gasteiger partial charge is 0.493 e. The number of oxazole rings is 1. The van der Waals surface area contributed by atoms with Gasteiger partial charge >= 0.3 is 0 Å². The molecule has 3 aromatic rings. The summed E-state index contributed by atoms with van der Waals surface area (Å²) in [5.41, 5.74) is 1.99. The molecule has 1 saturated carbocycles. The van der Waals surface area contributed by atoms with Gasteiger partial charge in [-0.15, -0.1) is 0 Å². The average molecular weight is 476 g/mol. The Kier molecular flexibility index (Phi) is 8.54. The molecule has 0 unspecified atom stereocenters. The normalized spacial score (nSPS) is 13.5. The molecule has 4 rings (SSSR count). The monoisotopic (exact) mass is 475 g/mol. The highest BCUT2D eigenvalue weighted by Crippen LogP contribution is 2.30. The van der Waals surface area contributed by atoms with Crippen molar-refractivity contribution in [3.63, 3.8) is 0 Å². The van der Waals surface area contributed by atoms with Gasteiger partial charge in [-0.1, -0.05) is 56.0 Å². The van der Waals surface area contributed by atoms with Gasteiger partial charge in [-0.25, -0.2) is 4.98 Å². The Hall–Kier alpha value is -3.61. The lowest BCUT2D eigenvalue weighted by atomic mass is 10.0. The third kappa shape index (κ3) is 7.18. The van der Waals surface area contributed by atoms with Crippen molar-refractivity contribution in [1.29, 1.82) is 0 Å². The minimum absolute atomic E-state index is 0.0474. The van der Waals surface area contributed by atoms with Crippen LogP contribution in [0.5, 0.6) is 5.75 Å². The van der Waals surface area contributed by atoms with Gasteiger partial charge in [-0.05, 0) is 43.5 Å². The zero-order chi connectivity index (χ0) is 24.5. The van der Waals surface area contributed by atoms with Crippen LogP contribution in [0.2, 0.25) is 0 Å². The Balaban J connectivity index is 1.31. The number of carbonyl (C=O) groups is 2. The van der Waals surface area contributed by atoms with Crippen LogP contribution in [-0.4, -0.2) is 23.4 Å². The minimum Gasteiger partial charge on any atom is -0.493 e. The van der Waals surface area contributed by atoms with Gasteiger partial charge in [0, 0.05) is 6.42 Å². The Morgan fingerprint density at radius 2 is 1.74 bits per heavy atom. The van der Waals surface area contributed by atoms with Crippen LogP contribution in [0.1, 0.15) is 56.4 Å². The molecule has 0 bridgehead atoms. The van der Waals surface area contributed by atoms with Gasteiger partial charge < -0.3 is 19.8 Å². The number of rotatable bonds is 11. The zero-order valence-corrected chi connectivity index (χ0v) is 20.2. The average Bonchev–Trinajstić information content (AvgIpc) is 3.52. The molecule has 1 aliphatic rings. The van der Waals surface area contributed by atoms with E-state index in [0.29, 0.717) is 47.5 Å². The highest BCUT2D eigenvalue weighted by Gasteiger charge is 2.18. The van der Waals surface area contributed by atoms with E-state index in [-0.39, 0.29) is 24.8 Å². The van der Waals surface area contributed by atoms with Gasteiger partial charge in [-0.3, -0.25) is 9.59 Å². The molecule has 184 valence electrons. The highest BCUT2D eigenvalue weighted by atomic mass is 16.5. The molecule has 7 heteroatoms. The number of ether oxygens (including phenoxy) is 1. The fourth-order valence-corrected chi connectivity index (χ4v) is 4.38. The molecule has 2 N–H and O–H groups in total. The van der Waals surface area contributed by atoms with Crippen LogP contribution >= 0.6 is 0 Å². The molecule has 0 aliphatic heterocycles. The molecule has 2 aromatic carbocycles. The molecule has 0 atom stereocenters. The first-order chi connectivity index (χ1) is 17.1. The van der Waals surface area contributed by atoms with E-state index < -0.39 is 0 Å². The van der Waals surface area contributed by atoms with Crippen molar-refractivity contribution in [2.24, 2.45) is 5.92 Å². The summed E-state index contributed by atoms with van der Waals surface area (Å²) in [6, 6.07) is 16.8. The van der Waals surface area contributed by atoms with Crippen molar-refractivity contribution in [2.45, 2.75) is 58.4 Å². The quantitative estimate of drug-likeness (QED) is 0.374.